The van der Waals surface area contributed by atoms with Crippen LogP contribution < -0.4 is 10.6 Å². The number of piperidine rings is 1. The number of carbonyl (C=O) groups excluding carboxylic acids is 3. The lowest BCUT2D eigenvalue weighted by Crippen LogP contribution is -2.55. The fraction of sp³-hybridized carbons (Fsp3) is 0.467. The summed E-state index contributed by atoms with van der Waals surface area (Å²) in [6, 6.07) is 15.3. The van der Waals surface area contributed by atoms with Crippen LogP contribution in [0.5, 0.6) is 0 Å². The number of hydrogen-bond donors (Lipinski definition) is 3. The summed E-state index contributed by atoms with van der Waals surface area (Å²) in [5.41, 5.74) is 0.796. The minimum Gasteiger partial charge on any atom is -0.372 e. The van der Waals surface area contributed by atoms with Crippen LogP contribution in [0, 0.1) is 29.1 Å². The molecule has 4 aliphatic rings. The highest BCUT2D eigenvalue weighted by Crippen LogP contribution is 2.50. The maximum Gasteiger partial charge on any atom is 0.264 e. The van der Waals surface area contributed by atoms with Gasteiger partial charge in [0.05, 0.1) is 6.07 Å². The fourth-order valence-corrected chi connectivity index (χ4v) is 7.25. The molecule has 0 bridgehead atoms. The van der Waals surface area contributed by atoms with E-state index in [0.29, 0.717) is 30.6 Å². The van der Waals surface area contributed by atoms with Crippen LogP contribution in [0.25, 0.3) is 11.1 Å². The average Bonchev–Trinajstić information content (AvgIpc) is 3.61. The first kappa shape index (κ1) is 24.6. The Kier molecular flexibility index (Phi) is 6.19. The van der Waals surface area contributed by atoms with E-state index in [1.807, 2.05) is 36.4 Å². The topological polar surface area (TPSA) is 123 Å². The molecule has 38 heavy (non-hydrogen) atoms. The van der Waals surface area contributed by atoms with Crippen molar-refractivity contribution < 1.29 is 19.5 Å². The van der Waals surface area contributed by atoms with Gasteiger partial charge in [-0.25, -0.2) is 0 Å². The highest BCUT2D eigenvalue weighted by molar-refractivity contribution is 6.01. The first-order valence-corrected chi connectivity index (χ1v) is 13.6. The molecule has 2 saturated heterocycles. The van der Waals surface area contributed by atoms with Gasteiger partial charge in [-0.05, 0) is 55.1 Å². The predicted octanol–water partition coefficient (Wildman–Crippen LogP) is 2.45. The van der Waals surface area contributed by atoms with Crippen molar-refractivity contribution in [3.63, 3.8) is 0 Å². The molecular weight excluding hydrogens is 480 g/mol. The number of hydrogen-bond acceptors (Lipinski definition) is 5. The van der Waals surface area contributed by atoms with Gasteiger partial charge in [-0.1, -0.05) is 55.0 Å². The van der Waals surface area contributed by atoms with E-state index in [1.165, 1.54) is 0 Å². The van der Waals surface area contributed by atoms with Crippen molar-refractivity contribution in [2.75, 3.05) is 13.1 Å². The predicted molar refractivity (Wildman–Crippen MR) is 139 cm³/mol. The molecule has 0 radical (unpaired) electrons. The molecule has 3 fully saturated rings. The van der Waals surface area contributed by atoms with Gasteiger partial charge in [0.2, 0.25) is 11.8 Å². The normalized spacial score (nSPS) is 27.5. The molecule has 2 aromatic carbocycles. The van der Waals surface area contributed by atoms with E-state index < -0.39 is 23.6 Å². The van der Waals surface area contributed by atoms with Crippen LogP contribution in [0.15, 0.2) is 48.5 Å². The van der Waals surface area contributed by atoms with Gasteiger partial charge in [0, 0.05) is 30.1 Å². The van der Waals surface area contributed by atoms with Crippen LogP contribution in [-0.4, -0.2) is 52.9 Å². The van der Waals surface area contributed by atoms with Crippen molar-refractivity contribution in [1.29, 1.82) is 5.26 Å². The van der Waals surface area contributed by atoms with Crippen molar-refractivity contribution >= 4 is 17.7 Å². The van der Waals surface area contributed by atoms with Gasteiger partial charge in [-0.15, -0.1) is 0 Å². The molecule has 0 aromatic heterocycles. The average molecular weight is 513 g/mol. The second-order valence-corrected chi connectivity index (χ2v) is 11.1. The van der Waals surface area contributed by atoms with E-state index in [2.05, 4.69) is 16.7 Å². The Hall–Kier alpha value is -3.70. The van der Waals surface area contributed by atoms with Gasteiger partial charge in [-0.2, -0.15) is 5.26 Å². The van der Waals surface area contributed by atoms with Crippen LogP contribution in [0.3, 0.4) is 0 Å². The number of rotatable bonds is 5. The summed E-state index contributed by atoms with van der Waals surface area (Å²) in [4.78, 5) is 41.9. The molecule has 1 saturated carbocycles. The molecule has 3 N–H and O–H groups in total. The number of amides is 3. The van der Waals surface area contributed by atoms with Crippen molar-refractivity contribution in [3.05, 3.63) is 59.7 Å². The van der Waals surface area contributed by atoms with E-state index in [4.69, 9.17) is 0 Å². The quantitative estimate of drug-likeness (QED) is 0.568. The Morgan fingerprint density at radius 3 is 2.42 bits per heavy atom. The zero-order valence-corrected chi connectivity index (χ0v) is 21.2. The maximum atomic E-state index is 14.3. The van der Waals surface area contributed by atoms with E-state index in [9.17, 15) is 24.8 Å². The Balaban J connectivity index is 1.30. The largest absolute Gasteiger partial charge is 0.372 e. The molecule has 5 atom stereocenters. The summed E-state index contributed by atoms with van der Waals surface area (Å²) in [5, 5.41) is 27.6. The molecule has 2 aliphatic carbocycles. The minimum atomic E-state index is -1.89. The summed E-state index contributed by atoms with van der Waals surface area (Å²) in [5.74, 6) is -1.12. The second-order valence-electron chi connectivity index (χ2n) is 11.1. The Morgan fingerprint density at radius 2 is 1.76 bits per heavy atom. The number of carbonyl (C=O) groups is 3. The monoisotopic (exact) mass is 512 g/mol. The summed E-state index contributed by atoms with van der Waals surface area (Å²) in [7, 11) is 0. The maximum absolute atomic E-state index is 14.3. The number of fused-ring (bicyclic) bond motifs is 4. The van der Waals surface area contributed by atoms with Crippen molar-refractivity contribution in [3.8, 4) is 17.2 Å². The SMILES string of the molecule is N#C[C@H](C[C@H]1CCCNC1=O)NC(=O)[C@@H]1[C@@H]2CCC[C@@H]2CN1C(=O)C1(O)c2ccccc2-c2ccccc21. The van der Waals surface area contributed by atoms with Crippen LogP contribution in [0.1, 0.15) is 49.7 Å². The van der Waals surface area contributed by atoms with Gasteiger partial charge in [-0.3, -0.25) is 14.4 Å². The zero-order valence-electron chi connectivity index (χ0n) is 21.2. The summed E-state index contributed by atoms with van der Waals surface area (Å²) in [6.45, 7) is 1.03. The first-order chi connectivity index (χ1) is 18.4. The van der Waals surface area contributed by atoms with Gasteiger partial charge in [0.25, 0.3) is 5.91 Å². The second kappa shape index (κ2) is 9.55. The molecule has 2 aliphatic heterocycles. The van der Waals surface area contributed by atoms with Gasteiger partial charge in [0.15, 0.2) is 5.60 Å². The molecule has 8 nitrogen and oxygen atoms in total. The molecule has 6 rings (SSSR count). The third-order valence-corrected chi connectivity index (χ3v) is 9.05. The smallest absolute Gasteiger partial charge is 0.264 e. The van der Waals surface area contributed by atoms with Crippen LogP contribution in [0.2, 0.25) is 0 Å². The molecule has 2 heterocycles. The number of benzene rings is 2. The number of aliphatic hydroxyl groups is 1. The van der Waals surface area contributed by atoms with E-state index >= 15 is 0 Å². The molecule has 3 amide bonds. The zero-order chi connectivity index (χ0) is 26.4. The molecule has 196 valence electrons. The Bertz CT molecular complexity index is 1290. The first-order valence-electron chi connectivity index (χ1n) is 13.6. The lowest BCUT2D eigenvalue weighted by atomic mass is 9.88. The van der Waals surface area contributed by atoms with Crippen LogP contribution >= 0.6 is 0 Å². The number of nitrogens with one attached hydrogen (secondary N) is 2. The van der Waals surface area contributed by atoms with Crippen molar-refractivity contribution in [2.24, 2.45) is 17.8 Å². The minimum absolute atomic E-state index is 0.0215. The van der Waals surface area contributed by atoms with E-state index in [1.54, 1.807) is 17.0 Å². The fourth-order valence-electron chi connectivity index (χ4n) is 7.25. The Morgan fingerprint density at radius 1 is 1.08 bits per heavy atom. The third kappa shape index (κ3) is 3.80. The molecule has 0 spiro atoms. The molecule has 0 unspecified atom stereocenters. The van der Waals surface area contributed by atoms with Gasteiger partial charge < -0.3 is 20.6 Å². The van der Waals surface area contributed by atoms with Gasteiger partial charge in [0.1, 0.15) is 12.1 Å². The highest BCUT2D eigenvalue weighted by atomic mass is 16.3. The van der Waals surface area contributed by atoms with Crippen LogP contribution in [-0.2, 0) is 20.0 Å². The molecular formula is C30H32N4O4. The van der Waals surface area contributed by atoms with Crippen molar-refractivity contribution in [1.82, 2.24) is 15.5 Å². The van der Waals surface area contributed by atoms with E-state index in [-0.39, 0.29) is 36.0 Å². The highest BCUT2D eigenvalue weighted by Gasteiger charge is 2.56. The van der Waals surface area contributed by atoms with Crippen molar-refractivity contribution in [2.45, 2.75) is 56.2 Å². The lowest BCUT2D eigenvalue weighted by Gasteiger charge is -2.34. The summed E-state index contributed by atoms with van der Waals surface area (Å²) >= 11 is 0. The number of nitriles is 1. The lowest BCUT2D eigenvalue weighted by molar-refractivity contribution is -0.152. The standard InChI is InChI=1S/C30H32N4O4/c31-16-20(15-18-8-6-14-32-27(18)35)33-28(36)26-21-11-5-7-19(21)17-34(26)29(37)30(38)24-12-3-1-9-22(24)23-10-2-4-13-25(23)30/h1-4,9-10,12-13,18-21,26,38H,5-8,11,14-15,17H2,(H,32,35)(H,33,36)/t18-,19-,20+,21-,26+/m1/s1. The molecule has 2 aromatic rings. The van der Waals surface area contributed by atoms with Gasteiger partial charge >= 0.3 is 0 Å². The summed E-state index contributed by atoms with van der Waals surface area (Å²) in [6.07, 6.45) is 4.51. The van der Waals surface area contributed by atoms with E-state index in [0.717, 1.165) is 36.8 Å². The van der Waals surface area contributed by atoms with Crippen LogP contribution in [0.4, 0.5) is 0 Å². The Labute approximate surface area is 222 Å². The number of nitrogens with zero attached hydrogens (tertiary/aromatic N) is 2. The third-order valence-electron chi connectivity index (χ3n) is 9.05. The molecule has 8 heteroatoms. The number of likely N-dealkylation sites (tertiary alicyclic amines) is 1. The summed E-state index contributed by atoms with van der Waals surface area (Å²) < 4.78 is 0.